The maximum Gasteiger partial charge on any atom is 0.449 e. The topological polar surface area (TPSA) is 120 Å². The number of hydrogen-bond donors (Lipinski definition) is 0. The van der Waals surface area contributed by atoms with Gasteiger partial charge in [-0.3, -0.25) is 9.59 Å². The van der Waals surface area contributed by atoms with Gasteiger partial charge in [-0.15, -0.1) is 0 Å². The molecule has 1 saturated carbocycles. The molecule has 0 N–H and O–H groups in total. The standard InChI is InChI=1S/C25H24ClN6O5S/c1-36-20-12-27-21(26)11-18(20)19-14-31(15-24(34)30-6-8-37-9-7-30)23(33)10-17(19)13-32(35)25-29-28-22(38-25)5-4-16-2-3-16/h10-12,14,16H,2-3,6-9,13,15H2,1H3/q+1. The van der Waals surface area contributed by atoms with Crippen LogP contribution in [0.4, 0.5) is 5.13 Å². The van der Waals surface area contributed by atoms with Crippen LogP contribution < -0.4 is 10.3 Å². The fourth-order valence-electron chi connectivity index (χ4n) is 3.94. The molecule has 4 heterocycles. The Morgan fingerprint density at radius 2 is 2.05 bits per heavy atom. The summed E-state index contributed by atoms with van der Waals surface area (Å²) < 4.78 is 12.8. The lowest BCUT2D eigenvalue weighted by atomic mass is 10.0. The normalized spacial score (nSPS) is 15.1. The quantitative estimate of drug-likeness (QED) is 0.248. The lowest BCUT2D eigenvalue weighted by Crippen LogP contribution is -2.43. The van der Waals surface area contributed by atoms with E-state index in [0.717, 1.165) is 24.2 Å². The van der Waals surface area contributed by atoms with Gasteiger partial charge in [0.2, 0.25) is 10.9 Å². The Morgan fingerprint density at radius 1 is 1.26 bits per heavy atom. The molecule has 0 spiro atoms. The van der Waals surface area contributed by atoms with Crippen LogP contribution in [0.2, 0.25) is 5.15 Å². The van der Waals surface area contributed by atoms with Crippen LogP contribution >= 0.6 is 22.9 Å². The average molecular weight is 556 g/mol. The van der Waals surface area contributed by atoms with E-state index in [0.29, 0.717) is 64.4 Å². The van der Waals surface area contributed by atoms with Gasteiger partial charge in [-0.25, -0.2) is 4.98 Å². The average Bonchev–Trinajstić information content (AvgIpc) is 3.64. The first-order chi connectivity index (χ1) is 18.4. The molecule has 196 valence electrons. The maximum absolute atomic E-state index is 13.1. The van der Waals surface area contributed by atoms with Crippen LogP contribution in [0.3, 0.4) is 0 Å². The number of nitrogens with zero attached hydrogens (tertiary/aromatic N) is 6. The molecule has 0 unspecified atom stereocenters. The molecule has 1 aliphatic carbocycles. The van der Waals surface area contributed by atoms with Gasteiger partial charge < -0.3 is 18.9 Å². The van der Waals surface area contributed by atoms with E-state index in [-0.39, 0.29) is 29.3 Å². The zero-order valence-electron chi connectivity index (χ0n) is 20.6. The number of ether oxygens (including phenoxy) is 2. The highest BCUT2D eigenvalue weighted by molar-refractivity contribution is 7.14. The van der Waals surface area contributed by atoms with E-state index in [2.05, 4.69) is 27.0 Å². The van der Waals surface area contributed by atoms with Crippen molar-refractivity contribution in [3.63, 3.8) is 0 Å². The fourth-order valence-corrected chi connectivity index (χ4v) is 4.71. The van der Waals surface area contributed by atoms with E-state index in [4.69, 9.17) is 21.1 Å². The van der Waals surface area contributed by atoms with Crippen molar-refractivity contribution < 1.29 is 19.0 Å². The van der Waals surface area contributed by atoms with Gasteiger partial charge in [0.25, 0.3) is 5.56 Å². The first-order valence-electron chi connectivity index (χ1n) is 12.0. The van der Waals surface area contributed by atoms with Crippen molar-refractivity contribution >= 4 is 34.0 Å². The summed E-state index contributed by atoms with van der Waals surface area (Å²) in [6.07, 6.45) is 5.17. The molecular formula is C25H24ClN6O5S+. The van der Waals surface area contributed by atoms with Gasteiger partial charge in [-0.1, -0.05) is 22.4 Å². The van der Waals surface area contributed by atoms with Crippen LogP contribution in [-0.2, 0) is 22.6 Å². The number of amides is 1. The van der Waals surface area contributed by atoms with Crippen molar-refractivity contribution in [3.8, 4) is 28.7 Å². The predicted molar refractivity (Wildman–Crippen MR) is 139 cm³/mol. The van der Waals surface area contributed by atoms with Crippen LogP contribution in [-0.4, -0.2) is 68.7 Å². The number of nitroso groups, excluding NO2 is 1. The molecule has 0 aromatic carbocycles. The van der Waals surface area contributed by atoms with Gasteiger partial charge in [0.1, 0.15) is 17.4 Å². The number of morpholine rings is 1. The first-order valence-corrected chi connectivity index (χ1v) is 13.2. The molecule has 3 aromatic rings. The van der Waals surface area contributed by atoms with E-state index < -0.39 is 5.56 Å². The Kier molecular flexibility index (Phi) is 7.78. The number of pyridine rings is 2. The molecule has 3 aromatic heterocycles. The first kappa shape index (κ1) is 26.0. The van der Waals surface area contributed by atoms with Gasteiger partial charge in [0.05, 0.1) is 31.6 Å². The van der Waals surface area contributed by atoms with Crippen LogP contribution in [0.25, 0.3) is 11.1 Å². The van der Waals surface area contributed by atoms with Crippen LogP contribution in [0.5, 0.6) is 5.75 Å². The third-order valence-corrected chi connectivity index (χ3v) is 7.18. The van der Waals surface area contributed by atoms with Crippen molar-refractivity contribution in [1.29, 1.82) is 0 Å². The number of rotatable bonds is 7. The summed E-state index contributed by atoms with van der Waals surface area (Å²) in [7, 11) is 1.48. The van der Waals surface area contributed by atoms with Gasteiger partial charge >= 0.3 is 5.13 Å². The highest BCUT2D eigenvalue weighted by atomic mass is 35.5. The second-order valence-electron chi connectivity index (χ2n) is 8.85. The van der Waals surface area contributed by atoms with Gasteiger partial charge in [0.15, 0.2) is 6.54 Å². The third kappa shape index (κ3) is 6.07. The van der Waals surface area contributed by atoms with Gasteiger partial charge in [-0.2, -0.15) is 0 Å². The van der Waals surface area contributed by atoms with E-state index in [1.54, 1.807) is 17.2 Å². The van der Waals surface area contributed by atoms with E-state index >= 15 is 0 Å². The fraction of sp³-hybridized carbons (Fsp3) is 0.400. The molecule has 1 aliphatic heterocycles. The number of methoxy groups -OCH3 is 1. The summed E-state index contributed by atoms with van der Waals surface area (Å²) in [6.45, 7) is 1.48. The summed E-state index contributed by atoms with van der Waals surface area (Å²) in [5, 5.41) is 8.77. The molecule has 0 bridgehead atoms. The summed E-state index contributed by atoms with van der Waals surface area (Å²) >= 11 is 7.28. The maximum atomic E-state index is 13.1. The Balaban J connectivity index is 1.48. The molecular weight excluding hydrogens is 532 g/mol. The molecule has 5 rings (SSSR count). The molecule has 11 nitrogen and oxygen atoms in total. The Morgan fingerprint density at radius 3 is 2.79 bits per heavy atom. The predicted octanol–water partition coefficient (Wildman–Crippen LogP) is 2.65. The Bertz CT molecular complexity index is 1500. The number of carbonyl (C=O) groups excluding carboxylic acids is 1. The van der Waals surface area contributed by atoms with Crippen molar-refractivity contribution in [3.05, 3.63) is 55.5 Å². The van der Waals surface area contributed by atoms with E-state index in [9.17, 15) is 14.5 Å². The van der Waals surface area contributed by atoms with E-state index in [1.807, 2.05) is 0 Å². The Hall–Kier alpha value is -3.66. The zero-order chi connectivity index (χ0) is 26.6. The minimum Gasteiger partial charge on any atom is -0.494 e. The summed E-state index contributed by atoms with van der Waals surface area (Å²) in [6, 6.07) is 2.93. The summed E-state index contributed by atoms with van der Waals surface area (Å²) in [4.78, 5) is 44.7. The molecule has 0 radical (unpaired) electrons. The molecule has 13 heteroatoms. The number of carbonyl (C=O) groups is 1. The minimum atomic E-state index is -0.425. The molecule has 0 atom stereocenters. The van der Waals surface area contributed by atoms with Gasteiger partial charge in [0, 0.05) is 48.0 Å². The number of aromatic nitrogens is 4. The second kappa shape index (κ2) is 11.4. The molecule has 2 fully saturated rings. The number of halogens is 1. The van der Waals surface area contributed by atoms with Crippen LogP contribution in [0.1, 0.15) is 23.4 Å². The van der Waals surface area contributed by atoms with Crippen LogP contribution in [0, 0.1) is 22.7 Å². The van der Waals surface area contributed by atoms with Crippen molar-refractivity contribution in [1.82, 2.24) is 24.6 Å². The van der Waals surface area contributed by atoms with Crippen molar-refractivity contribution in [2.75, 3.05) is 33.4 Å². The minimum absolute atomic E-state index is 0.127. The van der Waals surface area contributed by atoms with Gasteiger partial charge in [-0.05, 0) is 46.0 Å². The van der Waals surface area contributed by atoms with Crippen molar-refractivity contribution in [2.24, 2.45) is 5.92 Å². The Labute approximate surface area is 226 Å². The summed E-state index contributed by atoms with van der Waals surface area (Å²) in [5.74, 6) is 6.65. The van der Waals surface area contributed by atoms with E-state index in [1.165, 1.54) is 23.9 Å². The third-order valence-electron chi connectivity index (χ3n) is 6.13. The van der Waals surface area contributed by atoms with Crippen LogP contribution in [0.15, 0.2) is 29.3 Å². The monoisotopic (exact) mass is 555 g/mol. The molecule has 38 heavy (non-hydrogen) atoms. The van der Waals surface area contributed by atoms with Crippen molar-refractivity contribution in [2.45, 2.75) is 25.9 Å². The second-order valence-corrected chi connectivity index (χ2v) is 10.2. The molecule has 2 aliphatic rings. The molecule has 1 saturated heterocycles. The number of hydrogen-bond acceptors (Lipinski definition) is 9. The zero-order valence-corrected chi connectivity index (χ0v) is 22.1. The SMILES string of the molecule is COc1cnc(Cl)cc1-c1cn(CC(=O)N2CCOCC2)c(=O)cc1C[N+](=O)c1nnc(C#CC2CC2)s1. The largest absolute Gasteiger partial charge is 0.494 e. The molecule has 1 amide bonds. The smallest absolute Gasteiger partial charge is 0.449 e. The highest BCUT2D eigenvalue weighted by Crippen LogP contribution is 2.34. The summed E-state index contributed by atoms with van der Waals surface area (Å²) in [5.41, 5.74) is 1.00. The lowest BCUT2D eigenvalue weighted by molar-refractivity contribution is -0.480. The highest BCUT2D eigenvalue weighted by Gasteiger charge is 2.25. The lowest BCUT2D eigenvalue weighted by Gasteiger charge is -2.27.